The molecule has 2 aliphatic heterocycles. The molecule has 6 rings (SSSR count). The summed E-state index contributed by atoms with van der Waals surface area (Å²) in [6, 6.07) is 16.1. The van der Waals surface area contributed by atoms with Gasteiger partial charge >= 0.3 is 0 Å². The SMILES string of the molecule is COc1cccc2c1C/C(=C/CCN1CC=C(c3c[nH]c4c(Cl)cccc34)CC1)c1cccnc1O2. The number of hydrogen-bond acceptors (Lipinski definition) is 4. The van der Waals surface area contributed by atoms with Crippen molar-refractivity contribution in [3.05, 3.63) is 94.8 Å². The zero-order valence-electron chi connectivity index (χ0n) is 20.3. The number of methoxy groups -OCH3 is 1. The molecule has 5 nitrogen and oxygen atoms in total. The molecule has 0 aliphatic carbocycles. The van der Waals surface area contributed by atoms with Crippen LogP contribution in [0, 0.1) is 0 Å². The van der Waals surface area contributed by atoms with Gasteiger partial charge < -0.3 is 14.5 Å². The molecular weight excluding hydrogens is 470 g/mol. The Balaban J connectivity index is 1.18. The molecule has 0 fully saturated rings. The average Bonchev–Trinajstić information content (AvgIpc) is 3.28. The fraction of sp³-hybridized carbons (Fsp3) is 0.233. The third-order valence-corrected chi connectivity index (χ3v) is 7.46. The topological polar surface area (TPSA) is 50.4 Å². The van der Waals surface area contributed by atoms with Crippen LogP contribution in [-0.4, -0.2) is 41.6 Å². The van der Waals surface area contributed by atoms with Crippen molar-refractivity contribution < 1.29 is 9.47 Å². The number of benzene rings is 2. The minimum absolute atomic E-state index is 0.653. The van der Waals surface area contributed by atoms with Gasteiger partial charge in [-0.05, 0) is 54.3 Å². The van der Waals surface area contributed by atoms with Crippen molar-refractivity contribution in [1.82, 2.24) is 14.9 Å². The van der Waals surface area contributed by atoms with Gasteiger partial charge in [0.1, 0.15) is 11.5 Å². The third-order valence-electron chi connectivity index (χ3n) is 7.14. The number of ether oxygens (including phenoxy) is 2. The Kier molecular flexibility index (Phi) is 6.26. The molecule has 0 amide bonds. The van der Waals surface area contributed by atoms with Crippen LogP contribution >= 0.6 is 11.6 Å². The number of aromatic amines is 1. The zero-order valence-corrected chi connectivity index (χ0v) is 21.0. The van der Waals surface area contributed by atoms with E-state index >= 15 is 0 Å². The van der Waals surface area contributed by atoms with Gasteiger partial charge in [-0.25, -0.2) is 4.98 Å². The maximum absolute atomic E-state index is 6.36. The lowest BCUT2D eigenvalue weighted by Crippen LogP contribution is -2.29. The van der Waals surface area contributed by atoms with Gasteiger partial charge in [-0.15, -0.1) is 0 Å². The van der Waals surface area contributed by atoms with E-state index in [4.69, 9.17) is 21.1 Å². The van der Waals surface area contributed by atoms with Gasteiger partial charge in [0.05, 0.1) is 17.6 Å². The molecule has 1 N–H and O–H groups in total. The molecule has 0 saturated carbocycles. The largest absolute Gasteiger partial charge is 0.496 e. The molecule has 182 valence electrons. The van der Waals surface area contributed by atoms with Crippen molar-refractivity contribution in [2.75, 3.05) is 26.7 Å². The van der Waals surface area contributed by atoms with Crippen molar-refractivity contribution in [2.24, 2.45) is 0 Å². The highest BCUT2D eigenvalue weighted by atomic mass is 35.5. The summed E-state index contributed by atoms with van der Waals surface area (Å²) in [5, 5.41) is 1.97. The average molecular weight is 498 g/mol. The number of halogens is 1. The molecule has 2 aliphatic rings. The van der Waals surface area contributed by atoms with E-state index < -0.39 is 0 Å². The van der Waals surface area contributed by atoms with Crippen molar-refractivity contribution >= 4 is 33.7 Å². The van der Waals surface area contributed by atoms with E-state index in [1.165, 1.54) is 22.1 Å². The van der Waals surface area contributed by atoms with Crippen LogP contribution in [0.2, 0.25) is 5.02 Å². The number of H-pyrrole nitrogens is 1. The number of pyridine rings is 1. The molecule has 2 aromatic heterocycles. The van der Waals surface area contributed by atoms with E-state index in [1.807, 2.05) is 36.4 Å². The fourth-order valence-electron chi connectivity index (χ4n) is 5.26. The van der Waals surface area contributed by atoms with Crippen LogP contribution in [0.4, 0.5) is 0 Å². The predicted octanol–water partition coefficient (Wildman–Crippen LogP) is 7.14. The number of fused-ring (bicyclic) bond motifs is 3. The predicted molar refractivity (Wildman–Crippen MR) is 146 cm³/mol. The Hall–Kier alpha value is -3.54. The summed E-state index contributed by atoms with van der Waals surface area (Å²) >= 11 is 6.36. The van der Waals surface area contributed by atoms with Crippen LogP contribution in [0.1, 0.15) is 29.5 Å². The van der Waals surface area contributed by atoms with Gasteiger partial charge in [0.2, 0.25) is 5.88 Å². The van der Waals surface area contributed by atoms with Gasteiger partial charge in [0, 0.05) is 60.5 Å². The molecule has 0 unspecified atom stereocenters. The summed E-state index contributed by atoms with van der Waals surface area (Å²) in [6.07, 6.45) is 11.3. The molecule has 36 heavy (non-hydrogen) atoms. The molecule has 6 heteroatoms. The molecule has 0 radical (unpaired) electrons. The Morgan fingerprint density at radius 3 is 2.92 bits per heavy atom. The number of nitrogens with one attached hydrogen (secondary N) is 1. The second-order valence-corrected chi connectivity index (χ2v) is 9.64. The Morgan fingerprint density at radius 2 is 2.06 bits per heavy atom. The minimum atomic E-state index is 0.653. The van der Waals surface area contributed by atoms with E-state index in [1.54, 1.807) is 13.3 Å². The molecule has 0 bridgehead atoms. The second-order valence-electron chi connectivity index (χ2n) is 9.23. The van der Waals surface area contributed by atoms with Crippen LogP contribution in [0.25, 0.3) is 22.0 Å². The van der Waals surface area contributed by atoms with Gasteiger partial charge in [0.15, 0.2) is 0 Å². The van der Waals surface area contributed by atoms with E-state index in [2.05, 4.69) is 45.3 Å². The van der Waals surface area contributed by atoms with Crippen molar-refractivity contribution in [2.45, 2.75) is 19.3 Å². The first kappa shape index (κ1) is 22.9. The Morgan fingerprint density at radius 1 is 1.14 bits per heavy atom. The van der Waals surface area contributed by atoms with E-state index in [0.717, 1.165) is 72.1 Å². The molecule has 2 aromatic carbocycles. The van der Waals surface area contributed by atoms with Gasteiger partial charge in [0.25, 0.3) is 0 Å². The summed E-state index contributed by atoms with van der Waals surface area (Å²) in [5.74, 6) is 2.31. The second kappa shape index (κ2) is 9.84. The minimum Gasteiger partial charge on any atom is -0.496 e. The van der Waals surface area contributed by atoms with E-state index in [-0.39, 0.29) is 0 Å². The summed E-state index contributed by atoms with van der Waals surface area (Å²) < 4.78 is 11.8. The first-order chi connectivity index (χ1) is 17.7. The standard InChI is InChI=1S/C30H28ClN3O2/c1-35-27-10-3-11-28-24(27)18-21(22-8-4-14-32-30(22)36-28)6-5-15-34-16-12-20(13-17-34)25-19-33-29-23(25)7-2-9-26(29)31/h2-4,6-12,14,19,33H,5,13,15-18H2,1H3/b21-6-. The van der Waals surface area contributed by atoms with Crippen LogP contribution in [0.5, 0.6) is 17.4 Å². The first-order valence-electron chi connectivity index (χ1n) is 12.4. The van der Waals surface area contributed by atoms with Crippen LogP contribution in [0.15, 0.2) is 73.1 Å². The summed E-state index contributed by atoms with van der Waals surface area (Å²) in [4.78, 5) is 10.4. The molecule has 4 heterocycles. The van der Waals surface area contributed by atoms with E-state index in [9.17, 15) is 0 Å². The van der Waals surface area contributed by atoms with Crippen LogP contribution in [-0.2, 0) is 6.42 Å². The highest BCUT2D eigenvalue weighted by Crippen LogP contribution is 2.41. The Bertz CT molecular complexity index is 1490. The lowest BCUT2D eigenvalue weighted by atomic mass is 9.97. The number of nitrogens with zero attached hydrogens (tertiary/aromatic N) is 2. The van der Waals surface area contributed by atoms with Crippen molar-refractivity contribution in [1.29, 1.82) is 0 Å². The van der Waals surface area contributed by atoms with Crippen LogP contribution < -0.4 is 9.47 Å². The molecular formula is C30H28ClN3O2. The molecule has 4 aromatic rings. The summed E-state index contributed by atoms with van der Waals surface area (Å²) in [5.41, 5.74) is 7.02. The monoisotopic (exact) mass is 497 g/mol. The highest BCUT2D eigenvalue weighted by molar-refractivity contribution is 6.35. The smallest absolute Gasteiger partial charge is 0.226 e. The number of aromatic nitrogens is 2. The van der Waals surface area contributed by atoms with Crippen LogP contribution in [0.3, 0.4) is 0 Å². The number of hydrogen-bond donors (Lipinski definition) is 1. The lowest BCUT2D eigenvalue weighted by Gasteiger charge is -2.26. The Labute approximate surface area is 216 Å². The van der Waals surface area contributed by atoms with Gasteiger partial charge in [-0.3, -0.25) is 4.90 Å². The number of rotatable bonds is 5. The lowest BCUT2D eigenvalue weighted by molar-refractivity contribution is 0.308. The van der Waals surface area contributed by atoms with Crippen molar-refractivity contribution in [3.8, 4) is 17.4 Å². The number of allylic oxidation sites excluding steroid dienone is 1. The third kappa shape index (κ3) is 4.29. The number of para-hydroxylation sites is 1. The molecule has 0 atom stereocenters. The van der Waals surface area contributed by atoms with Gasteiger partial charge in [-0.2, -0.15) is 0 Å². The van der Waals surface area contributed by atoms with Crippen molar-refractivity contribution in [3.63, 3.8) is 0 Å². The fourth-order valence-corrected chi connectivity index (χ4v) is 5.49. The highest BCUT2D eigenvalue weighted by Gasteiger charge is 2.22. The van der Waals surface area contributed by atoms with E-state index in [0.29, 0.717) is 5.88 Å². The summed E-state index contributed by atoms with van der Waals surface area (Å²) in [6.45, 7) is 2.99. The first-order valence-corrected chi connectivity index (χ1v) is 12.7. The zero-order chi connectivity index (χ0) is 24.5. The molecule has 0 spiro atoms. The van der Waals surface area contributed by atoms with Gasteiger partial charge in [-0.1, -0.05) is 42.0 Å². The maximum Gasteiger partial charge on any atom is 0.226 e. The quantitative estimate of drug-likeness (QED) is 0.318. The maximum atomic E-state index is 6.36. The summed E-state index contributed by atoms with van der Waals surface area (Å²) in [7, 11) is 1.71. The molecule has 0 saturated heterocycles. The normalized spacial score (nSPS) is 16.7.